The third kappa shape index (κ3) is 1.91. The lowest BCUT2D eigenvalue weighted by molar-refractivity contribution is 1.06. The first-order valence-corrected chi connectivity index (χ1v) is 8.43. The Morgan fingerprint density at radius 2 is 1.96 bits per heavy atom. The molecule has 0 saturated carbocycles. The first-order valence-electron chi connectivity index (χ1n) is 7.62. The van der Waals surface area contributed by atoms with Crippen molar-refractivity contribution in [2.75, 3.05) is 0 Å². The average Bonchev–Trinajstić information content (AvgIpc) is 3.10. The van der Waals surface area contributed by atoms with Crippen molar-refractivity contribution in [2.24, 2.45) is 0 Å². The first kappa shape index (κ1) is 14.1. The smallest absolute Gasteiger partial charge is 0.291 e. The number of hydrogen-bond donors (Lipinski definition) is 2. The molecule has 5 rings (SSSR count). The lowest BCUT2D eigenvalue weighted by Crippen LogP contribution is -2.22. The summed E-state index contributed by atoms with van der Waals surface area (Å²) in [4.78, 5) is 39.3. The third-order valence-corrected chi connectivity index (χ3v) is 5.44. The van der Waals surface area contributed by atoms with Gasteiger partial charge >= 0.3 is 5.69 Å². The summed E-state index contributed by atoms with van der Waals surface area (Å²) in [5, 5.41) is 0.374. The van der Waals surface area contributed by atoms with Crippen LogP contribution in [0.1, 0.15) is 5.69 Å². The van der Waals surface area contributed by atoms with E-state index in [4.69, 9.17) is 0 Å². The highest BCUT2D eigenvalue weighted by Crippen LogP contribution is 2.36. The predicted molar refractivity (Wildman–Crippen MR) is 97.3 cm³/mol. The van der Waals surface area contributed by atoms with Crippen LogP contribution < -0.4 is 11.2 Å². The third-order valence-electron chi connectivity index (χ3n) is 4.27. The summed E-state index contributed by atoms with van der Waals surface area (Å²) >= 11 is 1.51. The molecule has 0 aliphatic rings. The van der Waals surface area contributed by atoms with Crippen LogP contribution >= 0.6 is 11.3 Å². The van der Waals surface area contributed by atoms with E-state index in [1.807, 2.05) is 31.2 Å². The lowest BCUT2D eigenvalue weighted by atomic mass is 10.1. The van der Waals surface area contributed by atoms with E-state index in [1.54, 1.807) is 12.3 Å². The van der Waals surface area contributed by atoms with Crippen LogP contribution in [0.3, 0.4) is 0 Å². The van der Waals surface area contributed by atoms with Crippen molar-refractivity contribution in [3.8, 4) is 10.4 Å². The maximum Gasteiger partial charge on any atom is 0.327 e. The Morgan fingerprint density at radius 3 is 2.84 bits per heavy atom. The molecule has 0 atom stereocenters. The van der Waals surface area contributed by atoms with Gasteiger partial charge in [0.1, 0.15) is 5.65 Å². The van der Waals surface area contributed by atoms with Crippen LogP contribution in [0.15, 0.2) is 46.1 Å². The molecule has 5 aromatic rings. The molecule has 122 valence electrons. The number of hydrogen-bond acceptors (Lipinski definition) is 5. The number of thiazole rings is 1. The minimum Gasteiger partial charge on any atom is -0.291 e. The fraction of sp³-hybridized carbons (Fsp3) is 0.0588. The van der Waals surface area contributed by atoms with Gasteiger partial charge in [0.05, 0.1) is 21.3 Å². The first-order chi connectivity index (χ1) is 12.1. The Morgan fingerprint density at radius 1 is 1.12 bits per heavy atom. The zero-order valence-electron chi connectivity index (χ0n) is 13.0. The molecule has 0 aliphatic heterocycles. The molecule has 4 aromatic heterocycles. The minimum atomic E-state index is -0.564. The van der Waals surface area contributed by atoms with Gasteiger partial charge in [0.15, 0.2) is 4.96 Å². The van der Waals surface area contributed by atoms with E-state index in [0.717, 1.165) is 32.1 Å². The Bertz CT molecular complexity index is 1410. The molecule has 25 heavy (non-hydrogen) atoms. The van der Waals surface area contributed by atoms with Gasteiger partial charge in [0.2, 0.25) is 0 Å². The molecule has 2 N–H and O–H groups in total. The Kier molecular flexibility index (Phi) is 2.75. The number of nitrogens with zero attached hydrogens (tertiary/aromatic N) is 3. The predicted octanol–water partition coefficient (Wildman–Crippen LogP) is 2.45. The molecule has 0 amide bonds. The van der Waals surface area contributed by atoms with Gasteiger partial charge in [-0.1, -0.05) is 23.5 Å². The number of pyridine rings is 1. The van der Waals surface area contributed by atoms with Crippen molar-refractivity contribution in [1.29, 1.82) is 0 Å². The van der Waals surface area contributed by atoms with Crippen LogP contribution in [0, 0.1) is 6.92 Å². The van der Waals surface area contributed by atoms with Gasteiger partial charge in [-0.25, -0.2) is 14.8 Å². The fourth-order valence-electron chi connectivity index (χ4n) is 3.19. The van der Waals surface area contributed by atoms with Gasteiger partial charge in [-0.05, 0) is 25.1 Å². The number of aromatic nitrogens is 5. The molecule has 0 radical (unpaired) electrons. The van der Waals surface area contributed by atoms with E-state index in [0.29, 0.717) is 5.39 Å². The number of benzene rings is 1. The van der Waals surface area contributed by atoms with Crippen molar-refractivity contribution in [1.82, 2.24) is 24.3 Å². The molecular formula is C17H11N5O2S. The summed E-state index contributed by atoms with van der Waals surface area (Å²) in [6.45, 7) is 2.00. The number of imidazole rings is 1. The largest absolute Gasteiger partial charge is 0.327 e. The molecule has 1 aromatic carbocycles. The van der Waals surface area contributed by atoms with Gasteiger partial charge in [0.25, 0.3) is 5.56 Å². The molecule has 0 aliphatic carbocycles. The van der Waals surface area contributed by atoms with Crippen LogP contribution in [0.25, 0.3) is 37.5 Å². The van der Waals surface area contributed by atoms with Gasteiger partial charge < -0.3 is 0 Å². The van der Waals surface area contributed by atoms with Crippen LogP contribution in [0.2, 0.25) is 0 Å². The van der Waals surface area contributed by atoms with Gasteiger partial charge in [-0.15, -0.1) is 0 Å². The van der Waals surface area contributed by atoms with E-state index >= 15 is 0 Å². The Hall–Kier alpha value is -3.26. The van der Waals surface area contributed by atoms with Gasteiger partial charge in [-0.3, -0.25) is 19.2 Å². The molecular weight excluding hydrogens is 338 g/mol. The normalized spacial score (nSPS) is 11.7. The van der Waals surface area contributed by atoms with Crippen molar-refractivity contribution in [3.63, 3.8) is 0 Å². The van der Waals surface area contributed by atoms with Crippen molar-refractivity contribution in [3.05, 3.63) is 63.1 Å². The van der Waals surface area contributed by atoms with E-state index in [1.165, 1.54) is 11.3 Å². The maximum atomic E-state index is 12.3. The van der Waals surface area contributed by atoms with Crippen molar-refractivity contribution < 1.29 is 0 Å². The summed E-state index contributed by atoms with van der Waals surface area (Å²) in [5.74, 6) is 0. The summed E-state index contributed by atoms with van der Waals surface area (Å²) in [6, 6.07) is 9.72. The van der Waals surface area contributed by atoms with Gasteiger partial charge in [0, 0.05) is 17.5 Å². The molecule has 0 spiro atoms. The van der Waals surface area contributed by atoms with Crippen molar-refractivity contribution >= 4 is 38.4 Å². The number of rotatable bonds is 1. The Balaban J connectivity index is 1.91. The number of para-hydroxylation sites is 2. The van der Waals surface area contributed by atoms with Gasteiger partial charge in [-0.2, -0.15) is 0 Å². The van der Waals surface area contributed by atoms with Crippen LogP contribution in [-0.4, -0.2) is 24.3 Å². The molecule has 4 heterocycles. The zero-order chi connectivity index (χ0) is 17.1. The maximum absolute atomic E-state index is 12.3. The highest BCUT2D eigenvalue weighted by atomic mass is 32.1. The quantitative estimate of drug-likeness (QED) is 0.486. The van der Waals surface area contributed by atoms with Crippen LogP contribution in [0.5, 0.6) is 0 Å². The molecule has 0 fully saturated rings. The van der Waals surface area contributed by atoms with Crippen LogP contribution in [-0.2, 0) is 0 Å². The SMILES string of the molecule is Cc1c(-c2ccnc3[nH]c(=O)[nH]c(=O)c23)sc2nc3ccccc3n12. The Labute approximate surface area is 143 Å². The average molecular weight is 349 g/mol. The molecule has 7 nitrogen and oxygen atoms in total. The van der Waals surface area contributed by atoms with Crippen LogP contribution in [0.4, 0.5) is 0 Å². The van der Waals surface area contributed by atoms with E-state index in [9.17, 15) is 9.59 Å². The monoisotopic (exact) mass is 349 g/mol. The molecule has 0 unspecified atom stereocenters. The van der Waals surface area contributed by atoms with E-state index in [2.05, 4.69) is 24.3 Å². The summed E-state index contributed by atoms with van der Waals surface area (Å²) in [7, 11) is 0. The number of aromatic amines is 2. The summed E-state index contributed by atoms with van der Waals surface area (Å²) < 4.78 is 2.08. The number of aryl methyl sites for hydroxylation is 1. The zero-order valence-corrected chi connectivity index (χ0v) is 13.8. The fourth-order valence-corrected chi connectivity index (χ4v) is 4.37. The minimum absolute atomic E-state index is 0.279. The lowest BCUT2D eigenvalue weighted by Gasteiger charge is -2.04. The molecule has 0 saturated heterocycles. The highest BCUT2D eigenvalue weighted by molar-refractivity contribution is 7.20. The number of nitrogens with one attached hydrogen (secondary N) is 2. The number of H-pyrrole nitrogens is 2. The summed E-state index contributed by atoms with van der Waals surface area (Å²) in [5.41, 5.74) is 2.96. The van der Waals surface area contributed by atoms with Crippen molar-refractivity contribution in [2.45, 2.75) is 6.92 Å². The second kappa shape index (κ2) is 4.87. The molecule has 8 heteroatoms. The second-order valence-electron chi connectivity index (χ2n) is 5.73. The van der Waals surface area contributed by atoms with E-state index < -0.39 is 11.2 Å². The highest BCUT2D eigenvalue weighted by Gasteiger charge is 2.18. The standard InChI is InChI=1S/C17H11N5O2S/c1-8-13(25-17-19-10-4-2-3-5-11(10)22(8)17)9-6-7-18-14-12(9)15(23)21-16(24)20-14/h2-7H,1H3,(H2,18,20,21,23,24). The topological polar surface area (TPSA) is 95.9 Å². The van der Waals surface area contributed by atoms with E-state index in [-0.39, 0.29) is 5.65 Å². The molecule has 0 bridgehead atoms. The summed E-state index contributed by atoms with van der Waals surface area (Å²) in [6.07, 6.45) is 1.59. The number of fused-ring (bicyclic) bond motifs is 4. The second-order valence-corrected chi connectivity index (χ2v) is 6.70.